The smallest absolute Gasteiger partial charge is 0.166 e. The number of aliphatic hydroxyl groups excluding tert-OH is 1. The average Bonchev–Trinajstić information content (AvgIpc) is 2.85. The van der Waals surface area contributed by atoms with Gasteiger partial charge in [0.2, 0.25) is 0 Å². The van der Waals surface area contributed by atoms with Crippen LogP contribution < -0.4 is 4.74 Å². The Hall–Kier alpha value is -3.05. The van der Waals surface area contributed by atoms with Gasteiger partial charge in [-0.1, -0.05) is 48.6 Å². The minimum absolute atomic E-state index is 0.0118. The highest BCUT2D eigenvalue weighted by atomic mass is 19.2. The van der Waals surface area contributed by atoms with Crippen molar-refractivity contribution in [1.82, 2.24) is 0 Å². The quantitative estimate of drug-likeness (QED) is 0.400. The largest absolute Gasteiger partial charge is 0.497 e. The molecule has 172 valence electrons. The van der Waals surface area contributed by atoms with Crippen LogP contribution in [0.15, 0.2) is 54.6 Å². The van der Waals surface area contributed by atoms with Crippen LogP contribution in [0.1, 0.15) is 48.3 Å². The second-order valence-electron chi connectivity index (χ2n) is 8.57. The second-order valence-corrected chi connectivity index (χ2v) is 8.57. The molecule has 0 unspecified atom stereocenters. The molecule has 0 radical (unpaired) electrons. The third-order valence-electron chi connectivity index (χ3n) is 6.54. The summed E-state index contributed by atoms with van der Waals surface area (Å²) in [4.78, 5) is 0. The van der Waals surface area contributed by atoms with Crippen LogP contribution in [-0.2, 0) is 0 Å². The fourth-order valence-electron chi connectivity index (χ4n) is 4.49. The van der Waals surface area contributed by atoms with E-state index >= 15 is 0 Å². The van der Waals surface area contributed by atoms with Gasteiger partial charge in [-0.2, -0.15) is 0 Å². The summed E-state index contributed by atoms with van der Waals surface area (Å²) in [5.74, 6) is -1.29. The number of benzene rings is 3. The lowest BCUT2D eigenvalue weighted by Gasteiger charge is -2.28. The first-order valence-corrected chi connectivity index (χ1v) is 11.2. The van der Waals surface area contributed by atoms with Crippen molar-refractivity contribution in [3.05, 3.63) is 88.7 Å². The zero-order chi connectivity index (χ0) is 23.4. The van der Waals surface area contributed by atoms with Crippen molar-refractivity contribution in [2.45, 2.75) is 31.6 Å². The van der Waals surface area contributed by atoms with Crippen molar-refractivity contribution in [1.29, 1.82) is 0 Å². The van der Waals surface area contributed by atoms with Crippen molar-refractivity contribution in [2.24, 2.45) is 5.92 Å². The van der Waals surface area contributed by atoms with E-state index in [1.54, 1.807) is 60.7 Å². The van der Waals surface area contributed by atoms with Crippen molar-refractivity contribution < 1.29 is 23.0 Å². The minimum atomic E-state index is -0.833. The van der Waals surface area contributed by atoms with Crippen molar-refractivity contribution in [3.63, 3.8) is 0 Å². The molecule has 5 heteroatoms. The van der Waals surface area contributed by atoms with Crippen LogP contribution in [-0.4, -0.2) is 18.8 Å². The molecule has 0 atom stereocenters. The van der Waals surface area contributed by atoms with Gasteiger partial charge in [0.15, 0.2) is 11.6 Å². The topological polar surface area (TPSA) is 29.5 Å². The molecule has 1 saturated carbocycles. The summed E-state index contributed by atoms with van der Waals surface area (Å²) < 4.78 is 49.0. The number of methoxy groups -OCH3 is 1. The molecule has 0 amide bonds. The Bertz CT molecular complexity index is 1130. The zero-order valence-electron chi connectivity index (χ0n) is 18.5. The summed E-state index contributed by atoms with van der Waals surface area (Å²) in [5, 5.41) is 9.29. The Morgan fingerprint density at radius 1 is 0.879 bits per heavy atom. The van der Waals surface area contributed by atoms with E-state index in [2.05, 4.69) is 0 Å². The highest BCUT2D eigenvalue weighted by Crippen LogP contribution is 2.38. The minimum Gasteiger partial charge on any atom is -0.497 e. The number of ether oxygens (including phenoxy) is 1. The Balaban J connectivity index is 1.50. The van der Waals surface area contributed by atoms with Gasteiger partial charge in [-0.25, -0.2) is 13.2 Å². The molecular formula is C28H27F3O2. The highest BCUT2D eigenvalue weighted by Gasteiger charge is 2.26. The van der Waals surface area contributed by atoms with Crippen molar-refractivity contribution in [2.75, 3.05) is 13.7 Å². The van der Waals surface area contributed by atoms with Crippen LogP contribution in [0.5, 0.6) is 5.75 Å². The van der Waals surface area contributed by atoms with Crippen LogP contribution in [0.2, 0.25) is 0 Å². The summed E-state index contributed by atoms with van der Waals surface area (Å²) in [6.45, 7) is 0.155. The van der Waals surface area contributed by atoms with Gasteiger partial charge in [-0.05, 0) is 66.3 Å². The van der Waals surface area contributed by atoms with Crippen LogP contribution in [0.3, 0.4) is 0 Å². The fourth-order valence-corrected chi connectivity index (χ4v) is 4.49. The SMILES string of the molecule is COc1ccc(C=Cc2ccc(-c3ccc(C4CCC(CO)CC4)c(F)c3F)cc2)c(F)c1. The summed E-state index contributed by atoms with van der Waals surface area (Å²) in [5.41, 5.74) is 2.46. The van der Waals surface area contributed by atoms with E-state index in [0.29, 0.717) is 22.4 Å². The van der Waals surface area contributed by atoms with E-state index in [0.717, 1.165) is 31.2 Å². The predicted molar refractivity (Wildman–Crippen MR) is 125 cm³/mol. The van der Waals surface area contributed by atoms with E-state index in [1.165, 1.54) is 13.2 Å². The van der Waals surface area contributed by atoms with Crippen LogP contribution in [0.4, 0.5) is 13.2 Å². The number of halogens is 3. The third-order valence-corrected chi connectivity index (χ3v) is 6.54. The molecule has 0 aromatic heterocycles. The third kappa shape index (κ3) is 5.14. The molecule has 0 saturated heterocycles. The maximum Gasteiger partial charge on any atom is 0.166 e. The maximum absolute atomic E-state index is 14.9. The van der Waals surface area contributed by atoms with E-state index < -0.39 is 11.6 Å². The predicted octanol–water partition coefficient (Wildman–Crippen LogP) is 7.22. The lowest BCUT2D eigenvalue weighted by molar-refractivity contribution is 0.181. The van der Waals surface area contributed by atoms with Crippen molar-refractivity contribution in [3.8, 4) is 16.9 Å². The molecular weight excluding hydrogens is 425 g/mol. The average molecular weight is 453 g/mol. The Morgan fingerprint density at radius 2 is 1.61 bits per heavy atom. The Morgan fingerprint density at radius 3 is 2.24 bits per heavy atom. The van der Waals surface area contributed by atoms with Crippen molar-refractivity contribution >= 4 is 12.2 Å². The lowest BCUT2D eigenvalue weighted by atomic mass is 9.78. The molecule has 0 heterocycles. The van der Waals surface area contributed by atoms with Gasteiger partial charge >= 0.3 is 0 Å². The van der Waals surface area contributed by atoms with Gasteiger partial charge in [-0.15, -0.1) is 0 Å². The molecule has 1 aliphatic carbocycles. The van der Waals surface area contributed by atoms with Gasteiger partial charge in [0.25, 0.3) is 0 Å². The van der Waals surface area contributed by atoms with Gasteiger partial charge in [-0.3, -0.25) is 0 Å². The molecule has 3 aromatic rings. The van der Waals surface area contributed by atoms with Gasteiger partial charge in [0, 0.05) is 23.8 Å². The molecule has 1 N–H and O–H groups in total. The van der Waals surface area contributed by atoms with Gasteiger partial charge in [0.05, 0.1) is 7.11 Å². The lowest BCUT2D eigenvalue weighted by Crippen LogP contribution is -2.17. The number of aliphatic hydroxyl groups is 1. The zero-order valence-corrected chi connectivity index (χ0v) is 18.5. The van der Waals surface area contributed by atoms with Gasteiger partial charge < -0.3 is 9.84 Å². The molecule has 0 bridgehead atoms. The molecule has 0 aliphatic heterocycles. The molecule has 3 aromatic carbocycles. The van der Waals surface area contributed by atoms with E-state index in [4.69, 9.17) is 4.74 Å². The molecule has 0 spiro atoms. The Kier molecular flexibility index (Phi) is 7.19. The molecule has 2 nitrogen and oxygen atoms in total. The summed E-state index contributed by atoms with van der Waals surface area (Å²) >= 11 is 0. The molecule has 4 rings (SSSR count). The van der Waals surface area contributed by atoms with Crippen LogP contribution in [0, 0.1) is 23.4 Å². The number of hydrogen-bond donors (Lipinski definition) is 1. The molecule has 33 heavy (non-hydrogen) atoms. The highest BCUT2D eigenvalue weighted by molar-refractivity contribution is 5.73. The first kappa shape index (κ1) is 23.1. The fraction of sp³-hybridized carbons (Fsp3) is 0.286. The number of hydrogen-bond acceptors (Lipinski definition) is 2. The van der Waals surface area contributed by atoms with Crippen LogP contribution >= 0.6 is 0 Å². The summed E-state index contributed by atoms with van der Waals surface area (Å²) in [7, 11) is 1.48. The Labute approximate surface area is 192 Å². The van der Waals surface area contributed by atoms with E-state index in [-0.39, 0.29) is 29.8 Å². The van der Waals surface area contributed by atoms with E-state index in [9.17, 15) is 18.3 Å². The normalized spacial score (nSPS) is 18.6. The maximum atomic E-state index is 14.9. The summed E-state index contributed by atoms with van der Waals surface area (Å²) in [6.07, 6.45) is 6.61. The monoisotopic (exact) mass is 452 g/mol. The first-order valence-electron chi connectivity index (χ1n) is 11.2. The van der Waals surface area contributed by atoms with E-state index in [1.807, 2.05) is 0 Å². The van der Waals surface area contributed by atoms with Crippen LogP contribution in [0.25, 0.3) is 23.3 Å². The van der Waals surface area contributed by atoms with Gasteiger partial charge in [0.1, 0.15) is 11.6 Å². The summed E-state index contributed by atoms with van der Waals surface area (Å²) in [6, 6.07) is 15.0. The number of rotatable bonds is 6. The molecule has 1 aliphatic rings. The first-order chi connectivity index (χ1) is 16.0. The molecule has 1 fully saturated rings. The second kappa shape index (κ2) is 10.3. The standard InChI is InChI=1S/C28H27F3O2/c1-33-23-13-12-22(26(29)16-23)11-4-18-2-7-20(8-3-18)24-14-15-25(28(31)27(24)30)21-9-5-19(17-32)6-10-21/h2-4,7-8,11-16,19,21,32H,5-6,9-10,17H2,1H3.